The highest BCUT2D eigenvalue weighted by molar-refractivity contribution is 7.93. The summed E-state index contributed by atoms with van der Waals surface area (Å²) in [4.78, 5) is 40.3. The molecule has 0 atom stereocenters. The Kier molecular flexibility index (Phi) is 5.62. The lowest BCUT2D eigenvalue weighted by Crippen LogP contribution is -2.50. The van der Waals surface area contributed by atoms with Crippen LogP contribution in [0.3, 0.4) is 0 Å². The summed E-state index contributed by atoms with van der Waals surface area (Å²) in [5.41, 5.74) is 1.72. The fraction of sp³-hybridized carbons (Fsp3) is 0.480. The Hall–Kier alpha value is -2.94. The molecule has 5 rings (SSSR count). The molecule has 0 unspecified atom stereocenters. The van der Waals surface area contributed by atoms with E-state index in [4.69, 9.17) is 0 Å². The van der Waals surface area contributed by atoms with Gasteiger partial charge in [0.1, 0.15) is 11.3 Å². The van der Waals surface area contributed by atoms with Crippen LogP contribution in [0, 0.1) is 12.8 Å². The van der Waals surface area contributed by atoms with Crippen LogP contribution in [0.2, 0.25) is 0 Å². The highest BCUT2D eigenvalue weighted by Gasteiger charge is 2.56. The third-order valence-corrected chi connectivity index (χ3v) is 9.96. The molecule has 1 N–H and O–H groups in total. The van der Waals surface area contributed by atoms with E-state index in [9.17, 15) is 22.8 Å². The Balaban J connectivity index is 1.29. The predicted molar refractivity (Wildman–Crippen MR) is 127 cm³/mol. The summed E-state index contributed by atoms with van der Waals surface area (Å²) >= 11 is 0. The third kappa shape index (κ3) is 4.29. The maximum atomic E-state index is 13.1. The van der Waals surface area contributed by atoms with Crippen LogP contribution in [-0.2, 0) is 22.9 Å². The average molecular weight is 484 g/mol. The Labute approximate surface area is 198 Å². The summed E-state index contributed by atoms with van der Waals surface area (Å²) < 4.78 is 26.3. The maximum Gasteiger partial charge on any atom is 0.270 e. The number of sulfone groups is 1. The Morgan fingerprint density at radius 1 is 1.06 bits per heavy atom. The predicted octanol–water partition coefficient (Wildman–Crippen LogP) is 1.90. The number of hydrogen-bond acceptors (Lipinski definition) is 5. The van der Waals surface area contributed by atoms with E-state index in [-0.39, 0.29) is 48.5 Å². The fourth-order valence-corrected chi connectivity index (χ4v) is 6.99. The van der Waals surface area contributed by atoms with Gasteiger partial charge >= 0.3 is 0 Å². The van der Waals surface area contributed by atoms with Gasteiger partial charge in [-0.1, -0.05) is 29.8 Å². The van der Waals surface area contributed by atoms with Gasteiger partial charge in [0.2, 0.25) is 0 Å². The second-order valence-corrected chi connectivity index (χ2v) is 12.3. The molecule has 9 heteroatoms. The number of fused-ring (bicyclic) bond motifs is 1. The zero-order valence-electron chi connectivity index (χ0n) is 19.2. The minimum Gasteiger partial charge on any atom is -0.348 e. The fourth-order valence-electron chi connectivity index (χ4n) is 4.60. The smallest absolute Gasteiger partial charge is 0.270 e. The van der Waals surface area contributed by atoms with Gasteiger partial charge < -0.3 is 14.8 Å². The lowest BCUT2D eigenvalue weighted by molar-refractivity contribution is 0.0695. The molecule has 2 heterocycles. The van der Waals surface area contributed by atoms with Crippen molar-refractivity contribution in [2.45, 2.75) is 50.4 Å². The largest absolute Gasteiger partial charge is 0.348 e. The number of rotatable bonds is 8. The molecule has 2 saturated carbocycles. The van der Waals surface area contributed by atoms with Crippen molar-refractivity contribution in [1.82, 2.24) is 14.8 Å². The van der Waals surface area contributed by atoms with E-state index in [1.807, 2.05) is 31.2 Å². The van der Waals surface area contributed by atoms with Gasteiger partial charge in [0, 0.05) is 26.2 Å². The van der Waals surface area contributed by atoms with Crippen LogP contribution in [0.4, 0.5) is 0 Å². The molecule has 1 aromatic carbocycles. The molecule has 2 aliphatic carbocycles. The van der Waals surface area contributed by atoms with Gasteiger partial charge in [-0.05, 0) is 56.2 Å². The van der Waals surface area contributed by atoms with Crippen molar-refractivity contribution in [3.05, 3.63) is 69.1 Å². The van der Waals surface area contributed by atoms with E-state index in [2.05, 4.69) is 5.32 Å². The van der Waals surface area contributed by atoms with Crippen molar-refractivity contribution in [1.29, 1.82) is 0 Å². The molecule has 2 amide bonds. The molecule has 3 aliphatic rings. The van der Waals surface area contributed by atoms with Gasteiger partial charge in [0.15, 0.2) is 9.84 Å². The Morgan fingerprint density at radius 2 is 1.76 bits per heavy atom. The van der Waals surface area contributed by atoms with Crippen LogP contribution < -0.4 is 10.9 Å². The molecular weight excluding hydrogens is 454 g/mol. The van der Waals surface area contributed by atoms with Gasteiger partial charge in [0.05, 0.1) is 10.5 Å². The van der Waals surface area contributed by atoms with E-state index in [1.165, 1.54) is 16.7 Å². The van der Waals surface area contributed by atoms with Crippen molar-refractivity contribution in [2.24, 2.45) is 5.92 Å². The molecule has 8 nitrogen and oxygen atoms in total. The lowest BCUT2D eigenvalue weighted by atomic mass is 10.1. The van der Waals surface area contributed by atoms with E-state index in [0.717, 1.165) is 24.0 Å². The Morgan fingerprint density at radius 3 is 2.41 bits per heavy atom. The first-order valence-electron chi connectivity index (χ1n) is 11.8. The molecule has 1 aliphatic heterocycles. The van der Waals surface area contributed by atoms with E-state index in [1.54, 1.807) is 4.90 Å². The third-order valence-electron chi connectivity index (χ3n) is 7.19. The first-order chi connectivity index (χ1) is 16.2. The molecule has 0 radical (unpaired) electrons. The number of nitrogens with one attached hydrogen (secondary N) is 1. The second-order valence-electron chi connectivity index (χ2n) is 9.89. The minimum absolute atomic E-state index is 0.0113. The van der Waals surface area contributed by atoms with Crippen LogP contribution in [-0.4, -0.2) is 53.3 Å². The van der Waals surface area contributed by atoms with E-state index in [0.29, 0.717) is 19.4 Å². The van der Waals surface area contributed by atoms with Crippen molar-refractivity contribution < 1.29 is 18.0 Å². The zero-order chi connectivity index (χ0) is 24.1. The minimum atomic E-state index is -3.26. The zero-order valence-corrected chi connectivity index (χ0v) is 20.1. The van der Waals surface area contributed by atoms with Gasteiger partial charge in [-0.3, -0.25) is 14.4 Å². The number of benzene rings is 1. The van der Waals surface area contributed by atoms with Crippen molar-refractivity contribution in [3.63, 3.8) is 0 Å². The van der Waals surface area contributed by atoms with Crippen LogP contribution >= 0.6 is 0 Å². The first-order valence-corrected chi connectivity index (χ1v) is 13.4. The lowest BCUT2D eigenvalue weighted by Gasteiger charge is -2.32. The SMILES string of the molecule is Cc1ccc(CNC(=O)c2ccc3n(c2=O)CCN(CC2(S(=O)(=O)CC4CC4)CC2)C3=O)cc1. The van der Waals surface area contributed by atoms with Crippen LogP contribution in [0.5, 0.6) is 0 Å². The second kappa shape index (κ2) is 8.37. The summed E-state index contributed by atoms with van der Waals surface area (Å²) in [6.45, 7) is 2.94. The Bertz CT molecular complexity index is 1310. The van der Waals surface area contributed by atoms with Crippen LogP contribution in [0.25, 0.3) is 0 Å². The van der Waals surface area contributed by atoms with E-state index >= 15 is 0 Å². The monoisotopic (exact) mass is 483 g/mol. The van der Waals surface area contributed by atoms with Crippen molar-refractivity contribution in [2.75, 3.05) is 18.8 Å². The molecule has 0 saturated heterocycles. The molecule has 2 fully saturated rings. The summed E-state index contributed by atoms with van der Waals surface area (Å²) in [6.07, 6.45) is 3.10. The van der Waals surface area contributed by atoms with Crippen LogP contribution in [0.15, 0.2) is 41.2 Å². The molecular formula is C25H29N3O5S. The highest BCUT2D eigenvalue weighted by atomic mass is 32.2. The summed E-state index contributed by atoms with van der Waals surface area (Å²) in [5, 5.41) is 2.76. The number of aromatic nitrogens is 1. The number of carbonyl (C=O) groups excluding carboxylic acids is 2. The van der Waals surface area contributed by atoms with Crippen molar-refractivity contribution >= 4 is 21.7 Å². The molecule has 180 valence electrons. The van der Waals surface area contributed by atoms with Crippen LogP contribution in [0.1, 0.15) is 57.7 Å². The molecule has 0 bridgehead atoms. The standard InChI is InChI=1S/C25H29N3O5S/c1-17-2-4-18(5-3-17)14-26-22(29)20-8-9-21-24(31)27(12-13-28(21)23(20)30)16-25(10-11-25)34(32,33)15-19-6-7-19/h2-5,8-9,19H,6-7,10-16H2,1H3,(H,26,29). The first kappa shape index (κ1) is 22.8. The van der Waals surface area contributed by atoms with Gasteiger partial charge in [-0.2, -0.15) is 0 Å². The quantitative estimate of drug-likeness (QED) is 0.617. The molecule has 0 spiro atoms. The molecule has 34 heavy (non-hydrogen) atoms. The maximum absolute atomic E-state index is 13.1. The molecule has 2 aromatic rings. The number of aryl methyl sites for hydroxylation is 1. The van der Waals surface area contributed by atoms with Gasteiger partial charge in [-0.25, -0.2) is 8.42 Å². The van der Waals surface area contributed by atoms with Gasteiger partial charge in [-0.15, -0.1) is 0 Å². The average Bonchev–Trinajstić information content (AvgIpc) is 3.73. The molecule has 1 aromatic heterocycles. The summed E-state index contributed by atoms with van der Waals surface area (Å²) in [7, 11) is -3.26. The number of nitrogens with zero attached hydrogens (tertiary/aromatic N) is 2. The number of hydrogen-bond donors (Lipinski definition) is 1. The summed E-state index contributed by atoms with van der Waals surface area (Å²) in [5.74, 6) is -0.359. The topological polar surface area (TPSA) is 106 Å². The highest BCUT2D eigenvalue weighted by Crippen LogP contribution is 2.47. The number of carbonyl (C=O) groups is 2. The number of pyridine rings is 1. The normalized spacial score (nSPS) is 19.0. The van der Waals surface area contributed by atoms with Gasteiger partial charge in [0.25, 0.3) is 17.4 Å². The number of amides is 2. The van der Waals surface area contributed by atoms with E-state index < -0.39 is 26.1 Å². The summed E-state index contributed by atoms with van der Waals surface area (Å²) in [6, 6.07) is 10.6. The van der Waals surface area contributed by atoms with Crippen molar-refractivity contribution in [3.8, 4) is 0 Å².